The van der Waals surface area contributed by atoms with Crippen molar-refractivity contribution >= 4 is 5.91 Å². The average Bonchev–Trinajstić information content (AvgIpc) is 3.18. The molecular formula is C18H27N5O2. The third-order valence-electron chi connectivity index (χ3n) is 5.18. The van der Waals surface area contributed by atoms with Gasteiger partial charge in [0.05, 0.1) is 17.4 Å². The molecule has 0 bridgehead atoms. The lowest BCUT2D eigenvalue weighted by Gasteiger charge is -2.39. The number of hydrogen-bond acceptors (Lipinski definition) is 5. The van der Waals surface area contributed by atoms with Crippen LogP contribution < -0.4 is 5.32 Å². The van der Waals surface area contributed by atoms with Crippen molar-refractivity contribution < 1.29 is 9.32 Å². The monoisotopic (exact) mass is 345 g/mol. The van der Waals surface area contributed by atoms with Gasteiger partial charge >= 0.3 is 0 Å². The maximum atomic E-state index is 12.6. The molecule has 0 saturated carbocycles. The Bertz CT molecular complexity index is 736. The van der Waals surface area contributed by atoms with Gasteiger partial charge in [0.25, 0.3) is 5.91 Å². The fourth-order valence-electron chi connectivity index (χ4n) is 3.88. The van der Waals surface area contributed by atoms with Crippen LogP contribution in [0.4, 0.5) is 0 Å². The molecule has 2 aromatic rings. The van der Waals surface area contributed by atoms with Crippen LogP contribution in [-0.2, 0) is 13.5 Å². The second-order valence-corrected chi connectivity index (χ2v) is 6.84. The number of amides is 1. The lowest BCUT2D eigenvalue weighted by Crippen LogP contribution is -2.42. The van der Waals surface area contributed by atoms with E-state index in [9.17, 15) is 4.79 Å². The fraction of sp³-hybridized carbons (Fsp3) is 0.611. The number of aromatic nitrogens is 3. The van der Waals surface area contributed by atoms with E-state index in [1.54, 1.807) is 0 Å². The first-order valence-corrected chi connectivity index (χ1v) is 8.94. The average molecular weight is 345 g/mol. The molecule has 0 unspecified atom stereocenters. The molecular weight excluding hydrogens is 318 g/mol. The van der Waals surface area contributed by atoms with E-state index in [4.69, 9.17) is 4.52 Å². The minimum atomic E-state index is -0.0902. The number of nitrogens with one attached hydrogen (secondary N) is 1. The molecule has 136 valence electrons. The molecule has 3 rings (SSSR count). The molecule has 3 heterocycles. The summed E-state index contributed by atoms with van der Waals surface area (Å²) in [6.45, 7) is 5.47. The standard InChI is InChI=1S/C18H27N5O2/c1-5-15-16(12(2)21-25-15)18(24)19-11-13-7-6-10-22(3)17(13)14-8-9-20-23(14)4/h8-9,13,17H,5-7,10-11H2,1-4H3,(H,19,24)/t13-,17+/m0/s1. The fourth-order valence-corrected chi connectivity index (χ4v) is 3.88. The molecule has 0 aliphatic carbocycles. The summed E-state index contributed by atoms with van der Waals surface area (Å²) in [7, 11) is 4.12. The van der Waals surface area contributed by atoms with E-state index < -0.39 is 0 Å². The second kappa shape index (κ2) is 7.39. The maximum absolute atomic E-state index is 12.6. The van der Waals surface area contributed by atoms with Crippen molar-refractivity contribution in [3.8, 4) is 0 Å². The number of carbonyl (C=O) groups excluding carboxylic acids is 1. The molecule has 0 radical (unpaired) electrons. The van der Waals surface area contributed by atoms with Crippen LogP contribution in [0.1, 0.15) is 53.3 Å². The number of likely N-dealkylation sites (tertiary alicyclic amines) is 1. The number of aryl methyl sites for hydroxylation is 3. The van der Waals surface area contributed by atoms with Gasteiger partial charge in [-0.1, -0.05) is 12.1 Å². The molecule has 0 aromatic carbocycles. The normalized spacial score (nSPS) is 21.4. The number of hydrogen-bond donors (Lipinski definition) is 1. The number of rotatable bonds is 5. The minimum absolute atomic E-state index is 0.0902. The van der Waals surface area contributed by atoms with Gasteiger partial charge in [-0.15, -0.1) is 0 Å². The first-order chi connectivity index (χ1) is 12.0. The molecule has 2 aromatic heterocycles. The van der Waals surface area contributed by atoms with E-state index in [0.717, 1.165) is 19.4 Å². The van der Waals surface area contributed by atoms with Gasteiger partial charge in [0.15, 0.2) is 0 Å². The van der Waals surface area contributed by atoms with E-state index in [-0.39, 0.29) is 11.9 Å². The highest BCUT2D eigenvalue weighted by molar-refractivity contribution is 5.96. The van der Waals surface area contributed by atoms with E-state index in [0.29, 0.717) is 35.9 Å². The zero-order valence-electron chi connectivity index (χ0n) is 15.5. The highest BCUT2D eigenvalue weighted by Gasteiger charge is 2.33. The van der Waals surface area contributed by atoms with Crippen LogP contribution >= 0.6 is 0 Å². The third kappa shape index (κ3) is 3.46. The predicted molar refractivity (Wildman–Crippen MR) is 94.3 cm³/mol. The van der Waals surface area contributed by atoms with Crippen molar-refractivity contribution in [3.05, 3.63) is 35.0 Å². The molecule has 7 heteroatoms. The van der Waals surface area contributed by atoms with Gasteiger partial charge in [-0.3, -0.25) is 14.4 Å². The van der Waals surface area contributed by atoms with Crippen LogP contribution in [0.15, 0.2) is 16.8 Å². The van der Waals surface area contributed by atoms with Gasteiger partial charge in [-0.25, -0.2) is 0 Å². The molecule has 0 spiro atoms. The number of carbonyl (C=O) groups is 1. The van der Waals surface area contributed by atoms with Gasteiger partial charge in [0.2, 0.25) is 0 Å². The molecule has 1 aliphatic rings. The Morgan fingerprint density at radius 3 is 2.92 bits per heavy atom. The van der Waals surface area contributed by atoms with Gasteiger partial charge in [0, 0.05) is 26.2 Å². The van der Waals surface area contributed by atoms with E-state index in [2.05, 4.69) is 33.6 Å². The number of piperidine rings is 1. The van der Waals surface area contributed by atoms with Crippen LogP contribution in [0.2, 0.25) is 0 Å². The van der Waals surface area contributed by atoms with Crippen LogP contribution in [0.5, 0.6) is 0 Å². The third-order valence-corrected chi connectivity index (χ3v) is 5.18. The smallest absolute Gasteiger partial charge is 0.256 e. The van der Waals surface area contributed by atoms with Crippen LogP contribution in [0.3, 0.4) is 0 Å². The molecule has 1 N–H and O–H groups in total. The first kappa shape index (κ1) is 17.7. The molecule has 1 aliphatic heterocycles. The second-order valence-electron chi connectivity index (χ2n) is 6.84. The summed E-state index contributed by atoms with van der Waals surface area (Å²) in [5.41, 5.74) is 2.43. The summed E-state index contributed by atoms with van der Waals surface area (Å²) in [5.74, 6) is 0.912. The Kier molecular flexibility index (Phi) is 5.22. The van der Waals surface area contributed by atoms with Crippen molar-refractivity contribution in [2.24, 2.45) is 13.0 Å². The molecule has 7 nitrogen and oxygen atoms in total. The Balaban J connectivity index is 1.73. The zero-order chi connectivity index (χ0) is 18.0. The summed E-state index contributed by atoms with van der Waals surface area (Å²) in [6, 6.07) is 2.33. The quantitative estimate of drug-likeness (QED) is 0.898. The Labute approximate surface area is 148 Å². The summed E-state index contributed by atoms with van der Waals surface area (Å²) in [5, 5.41) is 11.3. The molecule has 1 saturated heterocycles. The lowest BCUT2D eigenvalue weighted by molar-refractivity contribution is 0.0878. The highest BCUT2D eigenvalue weighted by Crippen LogP contribution is 2.34. The zero-order valence-corrected chi connectivity index (χ0v) is 15.5. The van der Waals surface area contributed by atoms with Crippen LogP contribution in [0.25, 0.3) is 0 Å². The summed E-state index contributed by atoms with van der Waals surface area (Å²) >= 11 is 0. The molecule has 1 amide bonds. The van der Waals surface area contributed by atoms with Gasteiger partial charge in [-0.2, -0.15) is 5.10 Å². The predicted octanol–water partition coefficient (Wildman–Crippen LogP) is 2.09. The van der Waals surface area contributed by atoms with E-state index in [1.165, 1.54) is 5.69 Å². The van der Waals surface area contributed by atoms with Crippen LogP contribution in [-0.4, -0.2) is 45.9 Å². The van der Waals surface area contributed by atoms with Crippen molar-refractivity contribution in [3.63, 3.8) is 0 Å². The maximum Gasteiger partial charge on any atom is 0.256 e. The molecule has 2 atom stereocenters. The van der Waals surface area contributed by atoms with E-state index in [1.807, 2.05) is 31.8 Å². The van der Waals surface area contributed by atoms with Crippen molar-refractivity contribution in [2.45, 2.75) is 39.2 Å². The topological polar surface area (TPSA) is 76.2 Å². The summed E-state index contributed by atoms with van der Waals surface area (Å²) < 4.78 is 7.17. The van der Waals surface area contributed by atoms with Crippen molar-refractivity contribution in [1.82, 2.24) is 25.2 Å². The van der Waals surface area contributed by atoms with Gasteiger partial charge in [-0.05, 0) is 45.3 Å². The lowest BCUT2D eigenvalue weighted by atomic mass is 9.87. The Morgan fingerprint density at radius 2 is 2.24 bits per heavy atom. The minimum Gasteiger partial charge on any atom is -0.360 e. The number of nitrogens with zero attached hydrogens (tertiary/aromatic N) is 4. The first-order valence-electron chi connectivity index (χ1n) is 8.94. The molecule has 25 heavy (non-hydrogen) atoms. The Morgan fingerprint density at radius 1 is 1.44 bits per heavy atom. The summed E-state index contributed by atoms with van der Waals surface area (Å²) in [4.78, 5) is 15.0. The van der Waals surface area contributed by atoms with Crippen LogP contribution in [0, 0.1) is 12.8 Å². The van der Waals surface area contributed by atoms with Gasteiger partial charge < -0.3 is 9.84 Å². The van der Waals surface area contributed by atoms with E-state index >= 15 is 0 Å². The van der Waals surface area contributed by atoms with Gasteiger partial charge in [0.1, 0.15) is 11.3 Å². The highest BCUT2D eigenvalue weighted by atomic mass is 16.5. The Hall–Kier alpha value is -2.15. The largest absolute Gasteiger partial charge is 0.360 e. The summed E-state index contributed by atoms with van der Waals surface area (Å²) in [6.07, 6.45) is 4.72. The van der Waals surface area contributed by atoms with Crippen molar-refractivity contribution in [2.75, 3.05) is 20.1 Å². The SMILES string of the molecule is CCc1onc(C)c1C(=O)NC[C@@H]1CCCN(C)[C@H]1c1ccnn1C. The molecule has 1 fully saturated rings. The van der Waals surface area contributed by atoms with Crippen molar-refractivity contribution in [1.29, 1.82) is 0 Å².